The van der Waals surface area contributed by atoms with Crippen molar-refractivity contribution in [1.82, 2.24) is 24.9 Å². The van der Waals surface area contributed by atoms with E-state index < -0.39 is 17.8 Å². The van der Waals surface area contributed by atoms with Crippen LogP contribution in [-0.2, 0) is 12.7 Å². The van der Waals surface area contributed by atoms with E-state index >= 15 is 0 Å². The van der Waals surface area contributed by atoms with E-state index in [9.17, 15) is 18.0 Å². The summed E-state index contributed by atoms with van der Waals surface area (Å²) in [5.41, 5.74) is 0.525. The number of aryl methyl sites for hydroxylation is 1. The Hall–Kier alpha value is -3.14. The highest BCUT2D eigenvalue weighted by Crippen LogP contribution is 2.38. The van der Waals surface area contributed by atoms with Crippen LogP contribution in [0.5, 0.6) is 0 Å². The second kappa shape index (κ2) is 8.18. The Kier molecular flexibility index (Phi) is 5.57. The Balaban J connectivity index is 1.57. The zero-order valence-corrected chi connectivity index (χ0v) is 17.7. The van der Waals surface area contributed by atoms with Gasteiger partial charge in [0.05, 0.1) is 10.6 Å². The van der Waals surface area contributed by atoms with Crippen LogP contribution < -0.4 is 5.32 Å². The molecule has 0 aliphatic carbocycles. The summed E-state index contributed by atoms with van der Waals surface area (Å²) < 4.78 is 43.7. The largest absolute Gasteiger partial charge is 0.435 e. The van der Waals surface area contributed by atoms with Crippen molar-refractivity contribution in [3.05, 3.63) is 64.9 Å². The molecule has 0 radical (unpaired) electrons. The van der Waals surface area contributed by atoms with E-state index in [4.69, 9.17) is 0 Å². The fraction of sp³-hybridized carbons (Fsp3) is 0.286. The number of aromatic nitrogens is 4. The van der Waals surface area contributed by atoms with Gasteiger partial charge in [-0.05, 0) is 37.1 Å². The molecule has 10 heteroatoms. The van der Waals surface area contributed by atoms with Crippen molar-refractivity contribution < 1.29 is 18.0 Å². The van der Waals surface area contributed by atoms with E-state index in [0.717, 1.165) is 17.0 Å². The molecule has 0 fully saturated rings. The molecule has 3 aromatic heterocycles. The van der Waals surface area contributed by atoms with Crippen LogP contribution in [0.1, 0.15) is 28.0 Å². The molecule has 162 valence electrons. The van der Waals surface area contributed by atoms with Gasteiger partial charge in [0.1, 0.15) is 4.83 Å². The third kappa shape index (κ3) is 4.34. The van der Waals surface area contributed by atoms with Crippen LogP contribution in [0.15, 0.2) is 48.7 Å². The van der Waals surface area contributed by atoms with Crippen LogP contribution in [0, 0.1) is 12.8 Å². The van der Waals surface area contributed by atoms with Gasteiger partial charge in [0.2, 0.25) is 0 Å². The minimum atomic E-state index is -4.62. The highest BCUT2D eigenvalue weighted by Gasteiger charge is 2.38. The lowest BCUT2D eigenvalue weighted by Crippen LogP contribution is -2.29. The van der Waals surface area contributed by atoms with Crippen molar-refractivity contribution in [3.8, 4) is 5.69 Å². The molecule has 1 amide bonds. The molecule has 0 saturated heterocycles. The summed E-state index contributed by atoms with van der Waals surface area (Å²) >= 11 is 0.994. The summed E-state index contributed by atoms with van der Waals surface area (Å²) in [5.74, 6) is -0.305. The van der Waals surface area contributed by atoms with Gasteiger partial charge in [0.15, 0.2) is 5.69 Å². The Morgan fingerprint density at radius 2 is 1.97 bits per heavy atom. The van der Waals surface area contributed by atoms with Crippen molar-refractivity contribution in [2.45, 2.75) is 26.6 Å². The Morgan fingerprint density at radius 1 is 1.23 bits per heavy atom. The van der Waals surface area contributed by atoms with Crippen LogP contribution >= 0.6 is 11.3 Å². The number of hydrogen-bond acceptors (Lipinski definition) is 4. The minimum absolute atomic E-state index is 0.0771. The average molecular weight is 447 g/mol. The fourth-order valence-corrected chi connectivity index (χ4v) is 4.33. The SMILES string of the molecule is Cc1ccnn1CC(C)CNC(=O)c1cc2c(C(F)(F)F)nn(-c3ccccc3)c2s1. The number of alkyl halides is 3. The molecule has 4 aromatic rings. The van der Waals surface area contributed by atoms with E-state index in [1.165, 1.54) is 10.7 Å². The number of halogens is 3. The number of rotatable bonds is 6. The second-order valence-electron chi connectivity index (χ2n) is 7.39. The van der Waals surface area contributed by atoms with E-state index in [1.807, 2.05) is 24.6 Å². The topological polar surface area (TPSA) is 64.7 Å². The van der Waals surface area contributed by atoms with Gasteiger partial charge in [0, 0.05) is 30.4 Å². The number of nitrogens with zero attached hydrogens (tertiary/aromatic N) is 4. The summed E-state index contributed by atoms with van der Waals surface area (Å²) in [6, 6.07) is 11.7. The number of amides is 1. The summed E-state index contributed by atoms with van der Waals surface area (Å²) in [5, 5.41) is 10.7. The summed E-state index contributed by atoms with van der Waals surface area (Å²) in [4.78, 5) is 13.2. The first-order chi connectivity index (χ1) is 14.7. The van der Waals surface area contributed by atoms with Crippen molar-refractivity contribution in [2.75, 3.05) is 6.54 Å². The van der Waals surface area contributed by atoms with Crippen molar-refractivity contribution >= 4 is 27.5 Å². The minimum Gasteiger partial charge on any atom is -0.351 e. The first-order valence-corrected chi connectivity index (χ1v) is 10.5. The van der Waals surface area contributed by atoms with Crippen LogP contribution in [0.3, 0.4) is 0 Å². The van der Waals surface area contributed by atoms with E-state index in [1.54, 1.807) is 36.5 Å². The molecule has 0 saturated carbocycles. The molecule has 1 unspecified atom stereocenters. The smallest absolute Gasteiger partial charge is 0.351 e. The average Bonchev–Trinajstić information content (AvgIpc) is 3.41. The van der Waals surface area contributed by atoms with Gasteiger partial charge in [0.25, 0.3) is 5.91 Å². The third-order valence-corrected chi connectivity index (χ3v) is 5.99. The standard InChI is InChI=1S/C21H20F3N5OS/c1-13(12-28-14(2)8-9-26-28)11-25-19(30)17-10-16-18(21(22,23)24)27-29(20(16)31-17)15-6-4-3-5-7-15/h3-10,13H,11-12H2,1-2H3,(H,25,30). The number of hydrogen-bond donors (Lipinski definition) is 1. The summed E-state index contributed by atoms with van der Waals surface area (Å²) in [7, 11) is 0. The second-order valence-corrected chi connectivity index (χ2v) is 8.42. The van der Waals surface area contributed by atoms with Crippen LogP contribution in [0.2, 0.25) is 0 Å². The summed E-state index contributed by atoms with van der Waals surface area (Å²) in [6.07, 6.45) is -2.91. The van der Waals surface area contributed by atoms with Gasteiger partial charge in [-0.2, -0.15) is 23.4 Å². The van der Waals surface area contributed by atoms with Gasteiger partial charge in [-0.1, -0.05) is 25.1 Å². The lowest BCUT2D eigenvalue weighted by molar-refractivity contribution is -0.140. The zero-order valence-electron chi connectivity index (χ0n) is 16.8. The molecule has 6 nitrogen and oxygen atoms in total. The molecule has 3 heterocycles. The zero-order chi connectivity index (χ0) is 22.2. The molecule has 1 N–H and O–H groups in total. The van der Waals surface area contributed by atoms with Crippen LogP contribution in [0.25, 0.3) is 15.9 Å². The maximum absolute atomic E-state index is 13.5. The molecule has 0 aliphatic rings. The third-order valence-electron chi connectivity index (χ3n) is 4.88. The quantitative estimate of drug-likeness (QED) is 0.467. The molecular formula is C21H20F3N5OS. The van der Waals surface area contributed by atoms with Gasteiger partial charge >= 0.3 is 6.18 Å². The number of fused-ring (bicyclic) bond motifs is 1. The maximum Gasteiger partial charge on any atom is 0.435 e. The first kappa shape index (κ1) is 21.1. The Labute approximate surface area is 180 Å². The highest BCUT2D eigenvalue weighted by molar-refractivity contribution is 7.20. The number of carbonyl (C=O) groups is 1. The number of carbonyl (C=O) groups excluding carboxylic acids is 1. The number of thiophene rings is 1. The van der Waals surface area contributed by atoms with Gasteiger partial charge < -0.3 is 5.32 Å². The molecule has 4 rings (SSSR count). The molecule has 0 spiro atoms. The predicted molar refractivity (Wildman–Crippen MR) is 112 cm³/mol. The van der Waals surface area contributed by atoms with E-state index in [-0.39, 0.29) is 21.0 Å². The van der Waals surface area contributed by atoms with Crippen molar-refractivity contribution in [2.24, 2.45) is 5.92 Å². The Bertz CT molecular complexity index is 1210. The number of nitrogens with one attached hydrogen (secondary N) is 1. The predicted octanol–water partition coefficient (Wildman–Crippen LogP) is 4.68. The molecule has 1 aromatic carbocycles. The van der Waals surface area contributed by atoms with E-state index in [0.29, 0.717) is 18.8 Å². The normalized spacial score (nSPS) is 12.9. The molecule has 0 bridgehead atoms. The van der Waals surface area contributed by atoms with Crippen LogP contribution in [0.4, 0.5) is 13.2 Å². The highest BCUT2D eigenvalue weighted by atomic mass is 32.1. The molecule has 1 atom stereocenters. The molecule has 0 aliphatic heterocycles. The lowest BCUT2D eigenvalue weighted by atomic mass is 10.2. The lowest BCUT2D eigenvalue weighted by Gasteiger charge is -2.13. The van der Waals surface area contributed by atoms with Gasteiger partial charge in [-0.3, -0.25) is 9.48 Å². The van der Waals surface area contributed by atoms with Gasteiger partial charge in [-0.15, -0.1) is 11.3 Å². The van der Waals surface area contributed by atoms with Gasteiger partial charge in [-0.25, -0.2) is 4.68 Å². The van der Waals surface area contributed by atoms with Crippen LogP contribution in [-0.4, -0.2) is 32.0 Å². The molecule has 31 heavy (non-hydrogen) atoms. The van der Waals surface area contributed by atoms with Crippen molar-refractivity contribution in [1.29, 1.82) is 0 Å². The molecular weight excluding hydrogens is 427 g/mol. The first-order valence-electron chi connectivity index (χ1n) is 9.66. The number of benzene rings is 1. The van der Waals surface area contributed by atoms with E-state index in [2.05, 4.69) is 15.5 Å². The summed E-state index contributed by atoms with van der Waals surface area (Å²) in [6.45, 7) is 4.93. The monoisotopic (exact) mass is 447 g/mol. The fourth-order valence-electron chi connectivity index (χ4n) is 3.28. The Morgan fingerprint density at radius 3 is 2.61 bits per heavy atom. The van der Waals surface area contributed by atoms with Crippen molar-refractivity contribution in [3.63, 3.8) is 0 Å². The number of para-hydroxylation sites is 1. The maximum atomic E-state index is 13.5.